The van der Waals surface area contributed by atoms with Crippen LogP contribution in [0.15, 0.2) is 0 Å². The van der Waals surface area contributed by atoms with Gasteiger partial charge in [0.1, 0.15) is 19.8 Å². The number of hydrogen-bond acceptors (Lipinski definition) is 8. The van der Waals surface area contributed by atoms with Gasteiger partial charge in [-0.3, -0.25) is 14.2 Å². The first-order valence-corrected chi connectivity index (χ1v) is 36.7. The molecule has 0 aromatic heterocycles. The Morgan fingerprint density at radius 2 is 0.570 bits per heavy atom. The number of quaternary nitrogens is 1. The Morgan fingerprint density at radius 1 is 0.342 bits per heavy atom. The molecule has 0 aliphatic rings. The van der Waals surface area contributed by atoms with Gasteiger partial charge in [-0.2, -0.15) is 0 Å². The Kier molecular flexibility index (Phi) is 60.8. The molecule has 0 aromatic rings. The maximum absolute atomic E-state index is 12.8. The van der Waals surface area contributed by atoms with Crippen molar-refractivity contribution in [2.45, 2.75) is 386 Å². The van der Waals surface area contributed by atoms with E-state index in [1.54, 1.807) is 0 Å². The summed E-state index contributed by atoms with van der Waals surface area (Å²) < 4.78 is 34.2. The molecule has 472 valence electrons. The molecular formula is C69H138NO8P. The number of carbonyl (C=O) groups is 2. The van der Waals surface area contributed by atoms with Crippen molar-refractivity contribution in [3.8, 4) is 0 Å². The molecule has 0 fully saturated rings. The van der Waals surface area contributed by atoms with Gasteiger partial charge in [0, 0.05) is 12.8 Å². The van der Waals surface area contributed by atoms with Gasteiger partial charge < -0.3 is 27.9 Å². The number of esters is 2. The molecule has 0 saturated carbocycles. The summed E-state index contributed by atoms with van der Waals surface area (Å²) in [5, 5.41) is 0. The van der Waals surface area contributed by atoms with Crippen LogP contribution in [0, 0.1) is 0 Å². The van der Waals surface area contributed by atoms with Gasteiger partial charge in [0.2, 0.25) is 0 Å². The van der Waals surface area contributed by atoms with Gasteiger partial charge in [-0.25, -0.2) is 0 Å². The quantitative estimate of drug-likeness (QED) is 0.0256. The molecule has 0 aliphatic heterocycles. The zero-order valence-electron chi connectivity index (χ0n) is 53.9. The number of unbranched alkanes of at least 4 members (excludes halogenated alkanes) is 53. The van der Waals surface area contributed by atoms with E-state index in [0.29, 0.717) is 17.4 Å². The van der Waals surface area contributed by atoms with Crippen LogP contribution in [0.4, 0.5) is 0 Å². The summed E-state index contributed by atoms with van der Waals surface area (Å²) in [6.45, 7) is 4.32. The first-order valence-electron chi connectivity index (χ1n) is 35.2. The maximum atomic E-state index is 12.8. The zero-order valence-corrected chi connectivity index (χ0v) is 54.8. The fourth-order valence-electron chi connectivity index (χ4n) is 11.0. The second-order valence-corrected chi connectivity index (χ2v) is 27.0. The smallest absolute Gasteiger partial charge is 0.306 e. The predicted octanol–water partition coefficient (Wildman–Crippen LogP) is 21.9. The monoisotopic (exact) mass is 1140 g/mol. The van der Waals surface area contributed by atoms with Crippen LogP contribution >= 0.6 is 7.82 Å². The summed E-state index contributed by atoms with van der Waals surface area (Å²) in [4.78, 5) is 37.9. The predicted molar refractivity (Wildman–Crippen MR) is 338 cm³/mol. The summed E-state index contributed by atoms with van der Waals surface area (Å²) in [5.41, 5.74) is 0. The Balaban J connectivity index is 3.81. The highest BCUT2D eigenvalue weighted by atomic mass is 31.2. The van der Waals surface area contributed by atoms with Gasteiger partial charge in [-0.15, -0.1) is 0 Å². The van der Waals surface area contributed by atoms with E-state index in [-0.39, 0.29) is 32.0 Å². The largest absolute Gasteiger partial charge is 0.756 e. The standard InChI is InChI=1S/C69H138NO8P/c1-6-8-10-12-14-16-18-20-22-23-24-25-26-27-28-29-30-31-32-33-34-35-36-37-38-39-40-41-42-43-44-45-46-48-50-52-54-56-58-60-62-69(72)78-67(66-77-79(73,74)76-64-63-70(3,4)5)65-75-68(71)61-59-57-55-53-51-49-47-21-19-17-15-13-11-9-7-2/h67H,6-66H2,1-5H3. The van der Waals surface area contributed by atoms with Crippen molar-refractivity contribution in [1.82, 2.24) is 0 Å². The fourth-order valence-corrected chi connectivity index (χ4v) is 11.7. The first-order chi connectivity index (χ1) is 38.5. The highest BCUT2D eigenvalue weighted by Crippen LogP contribution is 2.38. The number of phosphoric acid groups is 1. The summed E-state index contributed by atoms with van der Waals surface area (Å²) in [6.07, 6.45) is 73.6. The molecule has 0 bridgehead atoms. The van der Waals surface area contributed by atoms with Gasteiger partial charge in [0.15, 0.2) is 6.10 Å². The highest BCUT2D eigenvalue weighted by molar-refractivity contribution is 7.45. The van der Waals surface area contributed by atoms with E-state index in [1.807, 2.05) is 21.1 Å². The van der Waals surface area contributed by atoms with Crippen LogP contribution in [0.25, 0.3) is 0 Å². The second kappa shape index (κ2) is 61.6. The molecule has 0 radical (unpaired) electrons. The van der Waals surface area contributed by atoms with Crippen LogP contribution in [0.3, 0.4) is 0 Å². The van der Waals surface area contributed by atoms with Gasteiger partial charge >= 0.3 is 11.9 Å². The van der Waals surface area contributed by atoms with E-state index < -0.39 is 26.5 Å². The van der Waals surface area contributed by atoms with E-state index >= 15 is 0 Å². The normalized spacial score (nSPS) is 13.0. The number of ether oxygens (including phenoxy) is 2. The number of phosphoric ester groups is 1. The Labute approximate surface area is 493 Å². The fraction of sp³-hybridized carbons (Fsp3) is 0.971. The molecule has 0 heterocycles. The van der Waals surface area contributed by atoms with E-state index in [9.17, 15) is 19.0 Å². The maximum Gasteiger partial charge on any atom is 0.306 e. The van der Waals surface area contributed by atoms with Crippen LogP contribution in [0.2, 0.25) is 0 Å². The molecule has 0 aliphatic carbocycles. The Morgan fingerprint density at radius 3 is 0.810 bits per heavy atom. The van der Waals surface area contributed by atoms with Crippen molar-refractivity contribution < 1.29 is 42.1 Å². The average Bonchev–Trinajstić information content (AvgIpc) is 3.41. The van der Waals surface area contributed by atoms with Crippen LogP contribution in [-0.4, -0.2) is 70.0 Å². The average molecular weight is 1140 g/mol. The second-order valence-electron chi connectivity index (χ2n) is 25.6. The van der Waals surface area contributed by atoms with Crippen molar-refractivity contribution in [3.63, 3.8) is 0 Å². The molecule has 0 amide bonds. The van der Waals surface area contributed by atoms with Crippen molar-refractivity contribution in [2.75, 3.05) is 47.5 Å². The molecule has 0 saturated heterocycles. The molecule has 0 spiro atoms. The molecule has 0 aromatic carbocycles. The Bertz CT molecular complexity index is 1290. The summed E-state index contributed by atoms with van der Waals surface area (Å²) in [5.74, 6) is -0.808. The van der Waals surface area contributed by atoms with E-state index in [4.69, 9.17) is 18.5 Å². The number of hydrogen-bond donors (Lipinski definition) is 0. The third-order valence-electron chi connectivity index (χ3n) is 16.4. The minimum atomic E-state index is -4.63. The van der Waals surface area contributed by atoms with Crippen LogP contribution in [0.1, 0.15) is 380 Å². The lowest BCUT2D eigenvalue weighted by atomic mass is 10.0. The third kappa shape index (κ3) is 66.0. The summed E-state index contributed by atoms with van der Waals surface area (Å²) in [7, 11) is 1.19. The van der Waals surface area contributed by atoms with Gasteiger partial charge in [-0.1, -0.05) is 354 Å². The molecule has 0 rings (SSSR count). The number of rotatable bonds is 67. The molecule has 2 atom stereocenters. The highest BCUT2D eigenvalue weighted by Gasteiger charge is 2.22. The number of nitrogens with zero attached hydrogens (tertiary/aromatic N) is 1. The molecule has 9 nitrogen and oxygen atoms in total. The first kappa shape index (κ1) is 78.0. The summed E-state index contributed by atoms with van der Waals surface area (Å²) >= 11 is 0. The molecule has 0 N–H and O–H groups in total. The van der Waals surface area contributed by atoms with Crippen molar-refractivity contribution in [3.05, 3.63) is 0 Å². The molecule has 2 unspecified atom stereocenters. The number of likely N-dealkylation sites (N-methyl/N-ethyl adjacent to an activating group) is 1. The molecular weight excluding hydrogens is 1000 g/mol. The van der Waals surface area contributed by atoms with E-state index in [1.165, 1.54) is 315 Å². The van der Waals surface area contributed by atoms with Gasteiger partial charge in [0.05, 0.1) is 27.7 Å². The minimum absolute atomic E-state index is 0.0250. The summed E-state index contributed by atoms with van der Waals surface area (Å²) in [6, 6.07) is 0. The van der Waals surface area contributed by atoms with E-state index in [2.05, 4.69) is 13.8 Å². The third-order valence-corrected chi connectivity index (χ3v) is 17.3. The zero-order chi connectivity index (χ0) is 57.7. The number of carbonyl (C=O) groups excluding carboxylic acids is 2. The van der Waals surface area contributed by atoms with Crippen molar-refractivity contribution in [2.24, 2.45) is 0 Å². The van der Waals surface area contributed by atoms with Crippen LogP contribution in [0.5, 0.6) is 0 Å². The van der Waals surface area contributed by atoms with Crippen molar-refractivity contribution in [1.29, 1.82) is 0 Å². The van der Waals surface area contributed by atoms with Crippen LogP contribution < -0.4 is 4.89 Å². The lowest BCUT2D eigenvalue weighted by molar-refractivity contribution is -0.870. The van der Waals surface area contributed by atoms with Gasteiger partial charge in [-0.05, 0) is 12.8 Å². The van der Waals surface area contributed by atoms with E-state index in [0.717, 1.165) is 32.1 Å². The minimum Gasteiger partial charge on any atom is -0.756 e. The SMILES string of the molecule is CCCCCCCCCCCCCCCCCCCCCCCCCCCCCCCCCCCCCCCCCCC(=O)OC(COC(=O)CCCCCCCCCCCCCCCCC)COP(=O)([O-])OCC[N+](C)(C)C. The van der Waals surface area contributed by atoms with Crippen LogP contribution in [-0.2, 0) is 32.7 Å². The molecule has 79 heavy (non-hydrogen) atoms. The van der Waals surface area contributed by atoms with Gasteiger partial charge in [0.25, 0.3) is 7.82 Å². The lowest BCUT2D eigenvalue weighted by Gasteiger charge is -2.28. The lowest BCUT2D eigenvalue weighted by Crippen LogP contribution is -2.37. The van der Waals surface area contributed by atoms with Crippen molar-refractivity contribution >= 4 is 19.8 Å². The Hall–Kier alpha value is -0.990. The molecule has 10 heteroatoms. The topological polar surface area (TPSA) is 111 Å².